The molecule has 0 aliphatic heterocycles. The zero-order chi connectivity index (χ0) is 9.10. The molecule has 2 nitrogen and oxygen atoms in total. The van der Waals surface area contributed by atoms with E-state index in [4.69, 9.17) is 0 Å². The Hall–Kier alpha value is -1.09. The van der Waals surface area contributed by atoms with Gasteiger partial charge in [-0.1, -0.05) is 30.3 Å². The minimum Gasteiger partial charge on any atom is -0.271 e. The molecule has 0 unspecified atom stereocenters. The third-order valence-electron chi connectivity index (χ3n) is 1.83. The fraction of sp³-hybridized carbons (Fsp3) is 0.100. The molecule has 0 aliphatic carbocycles. The zero-order valence-electron chi connectivity index (χ0n) is 7.00. The van der Waals surface area contributed by atoms with Crippen molar-refractivity contribution in [2.24, 2.45) is 0 Å². The lowest BCUT2D eigenvalue weighted by Gasteiger charge is -1.95. The molecule has 0 bridgehead atoms. The monoisotopic (exact) mass is 236 g/mol. The predicted octanol–water partition coefficient (Wildman–Crippen LogP) is 2.76. The molecule has 1 aromatic heterocycles. The van der Waals surface area contributed by atoms with Gasteiger partial charge in [-0.3, -0.25) is 5.10 Å². The van der Waals surface area contributed by atoms with Crippen LogP contribution < -0.4 is 0 Å². The van der Waals surface area contributed by atoms with Crippen molar-refractivity contribution in [3.05, 3.63) is 52.3 Å². The molecule has 0 amide bonds. The second kappa shape index (κ2) is 3.75. The number of nitrogens with zero attached hydrogens (tertiary/aromatic N) is 1. The summed E-state index contributed by atoms with van der Waals surface area (Å²) in [5.41, 5.74) is 2.33. The van der Waals surface area contributed by atoms with Gasteiger partial charge in [0.1, 0.15) is 4.60 Å². The van der Waals surface area contributed by atoms with Gasteiger partial charge < -0.3 is 0 Å². The van der Waals surface area contributed by atoms with Gasteiger partial charge in [0, 0.05) is 6.42 Å². The van der Waals surface area contributed by atoms with E-state index < -0.39 is 0 Å². The number of H-pyrrole nitrogens is 1. The Balaban J connectivity index is 2.15. The summed E-state index contributed by atoms with van der Waals surface area (Å²) in [6.07, 6.45) is 0.878. The summed E-state index contributed by atoms with van der Waals surface area (Å²) >= 11 is 3.33. The van der Waals surface area contributed by atoms with Crippen molar-refractivity contribution in [3.63, 3.8) is 0 Å². The van der Waals surface area contributed by atoms with E-state index in [2.05, 4.69) is 38.3 Å². The molecule has 0 saturated carbocycles. The Kier molecular flexibility index (Phi) is 2.45. The Morgan fingerprint density at radius 2 is 2.00 bits per heavy atom. The van der Waals surface area contributed by atoms with Crippen LogP contribution in [0.25, 0.3) is 0 Å². The summed E-state index contributed by atoms with van der Waals surface area (Å²) in [5, 5.41) is 6.99. The van der Waals surface area contributed by atoms with Gasteiger partial charge >= 0.3 is 0 Å². The highest BCUT2D eigenvalue weighted by Crippen LogP contribution is 2.11. The largest absolute Gasteiger partial charge is 0.271 e. The lowest BCUT2D eigenvalue weighted by atomic mass is 10.1. The highest BCUT2D eigenvalue weighted by Gasteiger charge is 1.99. The van der Waals surface area contributed by atoms with Crippen LogP contribution in [0.5, 0.6) is 0 Å². The second-order valence-corrected chi connectivity index (χ2v) is 3.72. The Bertz CT molecular complexity index is 381. The molecule has 0 aliphatic rings. The van der Waals surface area contributed by atoms with E-state index >= 15 is 0 Å². The summed E-state index contributed by atoms with van der Waals surface area (Å²) in [6.45, 7) is 0. The van der Waals surface area contributed by atoms with Crippen LogP contribution in [0.15, 0.2) is 41.0 Å². The predicted molar refractivity (Wildman–Crippen MR) is 55.5 cm³/mol. The van der Waals surface area contributed by atoms with E-state index in [0.29, 0.717) is 0 Å². The topological polar surface area (TPSA) is 28.7 Å². The van der Waals surface area contributed by atoms with Gasteiger partial charge in [-0.05, 0) is 27.6 Å². The van der Waals surface area contributed by atoms with E-state index in [1.807, 2.05) is 24.3 Å². The SMILES string of the molecule is Brc1cc(Cc2ccccc2)n[nH]1. The molecule has 0 fully saturated rings. The summed E-state index contributed by atoms with van der Waals surface area (Å²) in [4.78, 5) is 0. The molecule has 1 N–H and O–H groups in total. The first-order valence-corrected chi connectivity index (χ1v) is 4.87. The number of hydrogen-bond donors (Lipinski definition) is 1. The highest BCUT2D eigenvalue weighted by molar-refractivity contribution is 9.10. The van der Waals surface area contributed by atoms with E-state index in [9.17, 15) is 0 Å². The van der Waals surface area contributed by atoms with E-state index in [-0.39, 0.29) is 0 Å². The molecular weight excluding hydrogens is 228 g/mol. The normalized spacial score (nSPS) is 10.2. The fourth-order valence-corrected chi connectivity index (χ4v) is 1.58. The molecule has 3 heteroatoms. The van der Waals surface area contributed by atoms with E-state index in [0.717, 1.165) is 16.7 Å². The first-order valence-electron chi connectivity index (χ1n) is 4.08. The Morgan fingerprint density at radius 1 is 1.23 bits per heavy atom. The molecule has 0 saturated heterocycles. The van der Waals surface area contributed by atoms with Crippen LogP contribution in [0, 0.1) is 0 Å². The van der Waals surface area contributed by atoms with Gasteiger partial charge in [-0.15, -0.1) is 0 Å². The number of benzene rings is 1. The maximum absolute atomic E-state index is 4.14. The van der Waals surface area contributed by atoms with Crippen LogP contribution in [0.3, 0.4) is 0 Å². The summed E-state index contributed by atoms with van der Waals surface area (Å²) in [5.74, 6) is 0. The van der Waals surface area contributed by atoms with Crippen molar-refractivity contribution < 1.29 is 0 Å². The van der Waals surface area contributed by atoms with Gasteiger partial charge in [0.15, 0.2) is 0 Å². The minimum absolute atomic E-state index is 0.878. The highest BCUT2D eigenvalue weighted by atomic mass is 79.9. The maximum Gasteiger partial charge on any atom is 0.101 e. The molecule has 13 heavy (non-hydrogen) atoms. The van der Waals surface area contributed by atoms with Gasteiger partial charge in [-0.25, -0.2) is 0 Å². The second-order valence-electron chi connectivity index (χ2n) is 2.87. The molecule has 2 aromatic rings. The first kappa shape index (κ1) is 8.51. The van der Waals surface area contributed by atoms with Crippen molar-refractivity contribution in [3.8, 4) is 0 Å². The number of aromatic amines is 1. The third-order valence-corrected chi connectivity index (χ3v) is 2.23. The number of aromatic nitrogens is 2. The minimum atomic E-state index is 0.878. The molecule has 1 heterocycles. The standard InChI is InChI=1S/C10H9BrN2/c11-10-7-9(12-13-10)6-8-4-2-1-3-5-8/h1-5,7H,6H2,(H,12,13). The molecular formula is C10H9BrN2. The van der Waals surface area contributed by atoms with Crippen molar-refractivity contribution in [2.75, 3.05) is 0 Å². The molecule has 1 aromatic carbocycles. The number of halogens is 1. The number of nitrogens with one attached hydrogen (secondary N) is 1. The van der Waals surface area contributed by atoms with Crippen LogP contribution in [0.2, 0.25) is 0 Å². The zero-order valence-corrected chi connectivity index (χ0v) is 8.58. The molecule has 0 radical (unpaired) electrons. The Morgan fingerprint density at radius 3 is 2.62 bits per heavy atom. The van der Waals surface area contributed by atoms with Crippen LogP contribution >= 0.6 is 15.9 Å². The summed E-state index contributed by atoms with van der Waals surface area (Å²) in [7, 11) is 0. The molecule has 66 valence electrons. The fourth-order valence-electron chi connectivity index (χ4n) is 1.23. The lowest BCUT2D eigenvalue weighted by Crippen LogP contribution is -1.86. The van der Waals surface area contributed by atoms with Gasteiger partial charge in [0.2, 0.25) is 0 Å². The maximum atomic E-state index is 4.14. The number of hydrogen-bond acceptors (Lipinski definition) is 1. The van der Waals surface area contributed by atoms with E-state index in [1.54, 1.807) is 0 Å². The van der Waals surface area contributed by atoms with Gasteiger partial charge in [0.05, 0.1) is 5.69 Å². The Labute approximate surface area is 85.1 Å². The van der Waals surface area contributed by atoms with Crippen LogP contribution in [0.1, 0.15) is 11.3 Å². The summed E-state index contributed by atoms with van der Waals surface area (Å²) < 4.78 is 0.929. The first-order chi connectivity index (χ1) is 6.34. The molecule has 2 rings (SSSR count). The average molecular weight is 237 g/mol. The third kappa shape index (κ3) is 2.18. The van der Waals surface area contributed by atoms with Crippen molar-refractivity contribution in [1.82, 2.24) is 10.2 Å². The summed E-state index contributed by atoms with van der Waals surface area (Å²) in [6, 6.07) is 12.3. The van der Waals surface area contributed by atoms with Gasteiger partial charge in [0.25, 0.3) is 0 Å². The quantitative estimate of drug-likeness (QED) is 0.854. The molecule has 0 atom stereocenters. The van der Waals surface area contributed by atoms with Crippen LogP contribution in [-0.2, 0) is 6.42 Å². The van der Waals surface area contributed by atoms with Gasteiger partial charge in [-0.2, -0.15) is 5.10 Å². The molecule has 0 spiro atoms. The smallest absolute Gasteiger partial charge is 0.101 e. The van der Waals surface area contributed by atoms with Crippen LogP contribution in [0.4, 0.5) is 0 Å². The number of rotatable bonds is 2. The van der Waals surface area contributed by atoms with Crippen molar-refractivity contribution >= 4 is 15.9 Å². The lowest BCUT2D eigenvalue weighted by molar-refractivity contribution is 0.988. The van der Waals surface area contributed by atoms with Crippen molar-refractivity contribution in [2.45, 2.75) is 6.42 Å². The average Bonchev–Trinajstić information content (AvgIpc) is 2.53. The van der Waals surface area contributed by atoms with Crippen molar-refractivity contribution in [1.29, 1.82) is 0 Å². The van der Waals surface area contributed by atoms with E-state index in [1.165, 1.54) is 5.56 Å². The van der Waals surface area contributed by atoms with Crippen LogP contribution in [-0.4, -0.2) is 10.2 Å².